The summed E-state index contributed by atoms with van der Waals surface area (Å²) in [5, 5.41) is 8.79. The highest BCUT2D eigenvalue weighted by Crippen LogP contribution is 2.21. The van der Waals surface area contributed by atoms with E-state index in [0.717, 1.165) is 0 Å². The SMILES string of the molecule is Cc1nc(C#N)c(-c2ccccn2)o1. The Kier molecular flexibility index (Phi) is 1.99. The molecule has 0 spiro atoms. The first-order chi connectivity index (χ1) is 6.81. The Labute approximate surface area is 80.8 Å². The zero-order valence-corrected chi connectivity index (χ0v) is 7.56. The summed E-state index contributed by atoms with van der Waals surface area (Å²) < 4.78 is 5.30. The lowest BCUT2D eigenvalue weighted by Gasteiger charge is -1.93. The summed E-state index contributed by atoms with van der Waals surface area (Å²) in [7, 11) is 0. The molecule has 4 heteroatoms. The molecule has 0 fully saturated rings. The molecule has 68 valence electrons. The number of oxazole rings is 1. The van der Waals surface area contributed by atoms with Gasteiger partial charge in [-0.3, -0.25) is 4.98 Å². The maximum Gasteiger partial charge on any atom is 0.193 e. The van der Waals surface area contributed by atoms with Crippen molar-refractivity contribution in [2.24, 2.45) is 0 Å². The Morgan fingerprint density at radius 3 is 2.93 bits per heavy atom. The highest BCUT2D eigenvalue weighted by atomic mass is 16.4. The fraction of sp³-hybridized carbons (Fsp3) is 0.100. The van der Waals surface area contributed by atoms with Gasteiger partial charge in [0.15, 0.2) is 17.3 Å². The van der Waals surface area contributed by atoms with Crippen molar-refractivity contribution in [1.29, 1.82) is 5.26 Å². The fourth-order valence-electron chi connectivity index (χ4n) is 1.17. The summed E-state index contributed by atoms with van der Waals surface area (Å²) in [4.78, 5) is 8.02. The largest absolute Gasteiger partial charge is 0.438 e. The van der Waals surface area contributed by atoms with Crippen LogP contribution in [0.4, 0.5) is 0 Å². The minimum atomic E-state index is 0.279. The Balaban J connectivity index is 2.58. The molecule has 2 heterocycles. The van der Waals surface area contributed by atoms with E-state index in [0.29, 0.717) is 17.3 Å². The van der Waals surface area contributed by atoms with Crippen molar-refractivity contribution in [3.8, 4) is 17.5 Å². The quantitative estimate of drug-likeness (QED) is 0.680. The van der Waals surface area contributed by atoms with Gasteiger partial charge in [-0.1, -0.05) is 6.07 Å². The molecule has 14 heavy (non-hydrogen) atoms. The topological polar surface area (TPSA) is 62.7 Å². The van der Waals surface area contributed by atoms with Gasteiger partial charge in [0, 0.05) is 13.1 Å². The monoisotopic (exact) mass is 185 g/mol. The molecular formula is C10H7N3O. The van der Waals surface area contributed by atoms with Gasteiger partial charge in [-0.15, -0.1) is 0 Å². The molecule has 0 amide bonds. The van der Waals surface area contributed by atoms with Crippen LogP contribution in [0.3, 0.4) is 0 Å². The first kappa shape index (κ1) is 8.45. The van der Waals surface area contributed by atoms with Crippen molar-refractivity contribution in [1.82, 2.24) is 9.97 Å². The molecule has 0 unspecified atom stereocenters. The molecule has 2 aromatic heterocycles. The normalized spacial score (nSPS) is 9.71. The molecule has 0 aliphatic carbocycles. The van der Waals surface area contributed by atoms with Crippen LogP contribution >= 0.6 is 0 Å². The number of aryl methyl sites for hydroxylation is 1. The van der Waals surface area contributed by atoms with Gasteiger partial charge in [0.2, 0.25) is 0 Å². The lowest BCUT2D eigenvalue weighted by molar-refractivity contribution is 0.532. The van der Waals surface area contributed by atoms with E-state index in [9.17, 15) is 0 Å². The predicted octanol–water partition coefficient (Wildman–Crippen LogP) is 1.92. The van der Waals surface area contributed by atoms with Gasteiger partial charge in [-0.25, -0.2) is 4.98 Å². The molecule has 4 nitrogen and oxygen atoms in total. The number of nitriles is 1. The highest BCUT2D eigenvalue weighted by molar-refractivity contribution is 5.58. The average Bonchev–Trinajstić information content (AvgIpc) is 2.61. The first-order valence-corrected chi connectivity index (χ1v) is 4.10. The lowest BCUT2D eigenvalue weighted by atomic mass is 10.2. The Hall–Kier alpha value is -2.15. The molecular weight excluding hydrogens is 178 g/mol. The second kappa shape index (κ2) is 3.30. The van der Waals surface area contributed by atoms with Crippen LogP contribution in [0.5, 0.6) is 0 Å². The van der Waals surface area contributed by atoms with E-state index in [1.54, 1.807) is 25.3 Å². The summed E-state index contributed by atoms with van der Waals surface area (Å²) in [6.45, 7) is 1.70. The third kappa shape index (κ3) is 1.36. The maximum atomic E-state index is 8.79. The molecule has 0 radical (unpaired) electrons. The maximum absolute atomic E-state index is 8.79. The number of pyridine rings is 1. The second-order valence-electron chi connectivity index (χ2n) is 2.74. The van der Waals surface area contributed by atoms with Gasteiger partial charge >= 0.3 is 0 Å². The lowest BCUT2D eigenvalue weighted by Crippen LogP contribution is -1.82. The molecule has 0 atom stereocenters. The molecule has 0 aliphatic rings. The minimum Gasteiger partial charge on any atom is -0.438 e. The summed E-state index contributed by atoms with van der Waals surface area (Å²) in [5.74, 6) is 0.910. The van der Waals surface area contributed by atoms with Gasteiger partial charge < -0.3 is 4.42 Å². The van der Waals surface area contributed by atoms with Gasteiger partial charge in [0.05, 0.1) is 0 Å². The van der Waals surface area contributed by atoms with Gasteiger partial charge in [0.1, 0.15) is 11.8 Å². The standard InChI is InChI=1S/C10H7N3O/c1-7-13-9(6-11)10(14-7)8-4-2-3-5-12-8/h2-5H,1H3. The number of rotatable bonds is 1. The van der Waals surface area contributed by atoms with E-state index < -0.39 is 0 Å². The van der Waals surface area contributed by atoms with Crippen LogP contribution in [0.15, 0.2) is 28.8 Å². The molecule has 2 rings (SSSR count). The zero-order valence-electron chi connectivity index (χ0n) is 7.56. The van der Waals surface area contributed by atoms with Crippen LogP contribution in [-0.4, -0.2) is 9.97 Å². The van der Waals surface area contributed by atoms with Crippen LogP contribution < -0.4 is 0 Å². The van der Waals surface area contributed by atoms with Gasteiger partial charge in [-0.05, 0) is 12.1 Å². The number of hydrogen-bond donors (Lipinski definition) is 0. The second-order valence-corrected chi connectivity index (χ2v) is 2.74. The minimum absolute atomic E-state index is 0.279. The molecule has 0 aromatic carbocycles. The average molecular weight is 185 g/mol. The third-order valence-corrected chi connectivity index (χ3v) is 1.74. The highest BCUT2D eigenvalue weighted by Gasteiger charge is 2.12. The van der Waals surface area contributed by atoms with Crippen LogP contribution in [0.25, 0.3) is 11.5 Å². The van der Waals surface area contributed by atoms with E-state index >= 15 is 0 Å². The Bertz CT molecular complexity index is 482. The van der Waals surface area contributed by atoms with Crippen LogP contribution in [0, 0.1) is 18.3 Å². The van der Waals surface area contributed by atoms with E-state index in [1.165, 1.54) is 0 Å². The molecule has 0 N–H and O–H groups in total. The molecule has 2 aromatic rings. The van der Waals surface area contributed by atoms with Crippen molar-refractivity contribution in [2.75, 3.05) is 0 Å². The smallest absolute Gasteiger partial charge is 0.193 e. The van der Waals surface area contributed by atoms with Crippen LogP contribution in [0.2, 0.25) is 0 Å². The van der Waals surface area contributed by atoms with Crippen LogP contribution in [0.1, 0.15) is 11.6 Å². The van der Waals surface area contributed by atoms with Gasteiger partial charge in [0.25, 0.3) is 0 Å². The molecule has 0 aliphatic heterocycles. The van der Waals surface area contributed by atoms with E-state index in [2.05, 4.69) is 9.97 Å². The number of aromatic nitrogens is 2. The van der Waals surface area contributed by atoms with E-state index in [1.807, 2.05) is 12.1 Å². The predicted molar refractivity (Wildman–Crippen MR) is 49.2 cm³/mol. The van der Waals surface area contributed by atoms with Crippen molar-refractivity contribution >= 4 is 0 Å². The number of nitrogens with zero attached hydrogens (tertiary/aromatic N) is 3. The summed E-state index contributed by atoms with van der Waals surface area (Å²) in [6, 6.07) is 7.39. The Morgan fingerprint density at radius 2 is 2.29 bits per heavy atom. The number of hydrogen-bond acceptors (Lipinski definition) is 4. The van der Waals surface area contributed by atoms with Crippen molar-refractivity contribution < 1.29 is 4.42 Å². The summed E-state index contributed by atoms with van der Waals surface area (Å²) in [5.41, 5.74) is 0.908. The summed E-state index contributed by atoms with van der Waals surface area (Å²) >= 11 is 0. The molecule has 0 saturated heterocycles. The third-order valence-electron chi connectivity index (χ3n) is 1.74. The Morgan fingerprint density at radius 1 is 1.43 bits per heavy atom. The van der Waals surface area contributed by atoms with Crippen LogP contribution in [-0.2, 0) is 0 Å². The van der Waals surface area contributed by atoms with Crippen molar-refractivity contribution in [2.45, 2.75) is 6.92 Å². The zero-order chi connectivity index (χ0) is 9.97. The van der Waals surface area contributed by atoms with Gasteiger partial charge in [-0.2, -0.15) is 5.26 Å². The molecule has 0 bridgehead atoms. The van der Waals surface area contributed by atoms with E-state index in [-0.39, 0.29) is 5.69 Å². The first-order valence-electron chi connectivity index (χ1n) is 4.10. The summed E-state index contributed by atoms with van der Waals surface area (Å²) in [6.07, 6.45) is 1.65. The van der Waals surface area contributed by atoms with E-state index in [4.69, 9.17) is 9.68 Å². The van der Waals surface area contributed by atoms with Crippen molar-refractivity contribution in [3.63, 3.8) is 0 Å². The van der Waals surface area contributed by atoms with Crippen molar-refractivity contribution in [3.05, 3.63) is 36.0 Å². The fourth-order valence-corrected chi connectivity index (χ4v) is 1.17. The molecule has 0 saturated carbocycles.